The topological polar surface area (TPSA) is 29.1 Å². The van der Waals surface area contributed by atoms with Crippen molar-refractivity contribution in [2.45, 2.75) is 60.3 Å². The average molecular weight is 323 g/mol. The molecule has 1 N–H and O–H groups in total. The summed E-state index contributed by atoms with van der Waals surface area (Å²) in [6.07, 6.45) is 0. The van der Waals surface area contributed by atoms with Crippen LogP contribution in [0.15, 0.2) is 30.3 Å². The summed E-state index contributed by atoms with van der Waals surface area (Å²) in [4.78, 5) is 13.0. The van der Waals surface area contributed by atoms with Gasteiger partial charge in [-0.1, -0.05) is 63.6 Å². The van der Waals surface area contributed by atoms with Gasteiger partial charge >= 0.3 is 0 Å². The molecule has 0 heterocycles. The van der Waals surface area contributed by atoms with E-state index in [0.29, 0.717) is 11.8 Å². The zero-order valence-corrected chi connectivity index (χ0v) is 15.9. The number of hydrogen-bond donors (Lipinski definition) is 1. The number of anilines is 1. The molecule has 2 rings (SSSR count). The number of amides is 1. The molecule has 1 amide bonds. The van der Waals surface area contributed by atoms with Crippen molar-refractivity contribution in [1.29, 1.82) is 0 Å². The van der Waals surface area contributed by atoms with Crippen LogP contribution in [0.5, 0.6) is 0 Å². The standard InChI is InChI=1S/C22H29NO/c1-13(2)18-9-8-10-19(14(3)4)21(18)23-22(24)20-16(6)11-15(5)12-17(20)7/h8-14H,1-7H3,(H,23,24). The molecular formula is C22H29NO. The van der Waals surface area contributed by atoms with E-state index in [2.05, 4.69) is 70.3 Å². The lowest BCUT2D eigenvalue weighted by Gasteiger charge is -2.21. The summed E-state index contributed by atoms with van der Waals surface area (Å²) in [5.41, 5.74) is 7.39. The fraction of sp³-hybridized carbons (Fsp3) is 0.409. The molecule has 0 aliphatic carbocycles. The van der Waals surface area contributed by atoms with Crippen LogP contribution in [-0.4, -0.2) is 5.91 Å². The predicted octanol–water partition coefficient (Wildman–Crippen LogP) is 6.11. The SMILES string of the molecule is Cc1cc(C)c(C(=O)Nc2c(C(C)C)cccc2C(C)C)c(C)c1. The molecule has 0 saturated carbocycles. The fourth-order valence-electron chi connectivity index (χ4n) is 3.41. The number of aryl methyl sites for hydroxylation is 3. The van der Waals surface area contributed by atoms with E-state index in [-0.39, 0.29) is 5.91 Å². The van der Waals surface area contributed by atoms with Gasteiger partial charge in [-0.2, -0.15) is 0 Å². The van der Waals surface area contributed by atoms with Crippen LogP contribution in [0.4, 0.5) is 5.69 Å². The van der Waals surface area contributed by atoms with E-state index in [0.717, 1.165) is 22.4 Å². The first-order valence-electron chi connectivity index (χ1n) is 8.74. The number of hydrogen-bond acceptors (Lipinski definition) is 1. The van der Waals surface area contributed by atoms with Crippen LogP contribution in [-0.2, 0) is 0 Å². The van der Waals surface area contributed by atoms with Crippen molar-refractivity contribution in [3.63, 3.8) is 0 Å². The second-order valence-corrected chi connectivity index (χ2v) is 7.35. The lowest BCUT2D eigenvalue weighted by Crippen LogP contribution is -2.18. The maximum atomic E-state index is 13.0. The third kappa shape index (κ3) is 3.69. The first-order valence-corrected chi connectivity index (χ1v) is 8.74. The minimum Gasteiger partial charge on any atom is -0.321 e. The minimum atomic E-state index is -0.0139. The highest BCUT2D eigenvalue weighted by Gasteiger charge is 2.19. The van der Waals surface area contributed by atoms with Gasteiger partial charge in [0.1, 0.15) is 0 Å². The summed E-state index contributed by atoms with van der Waals surface area (Å²) in [5, 5.41) is 3.22. The normalized spacial score (nSPS) is 11.2. The first-order chi connectivity index (χ1) is 11.2. The van der Waals surface area contributed by atoms with Crippen LogP contribution in [0, 0.1) is 20.8 Å². The van der Waals surface area contributed by atoms with Crippen LogP contribution in [0.1, 0.15) is 77.7 Å². The van der Waals surface area contributed by atoms with Crippen molar-refractivity contribution in [1.82, 2.24) is 0 Å². The van der Waals surface area contributed by atoms with E-state index in [1.54, 1.807) is 0 Å². The Hall–Kier alpha value is -2.09. The van der Waals surface area contributed by atoms with Crippen molar-refractivity contribution in [2.75, 3.05) is 5.32 Å². The van der Waals surface area contributed by atoms with Gasteiger partial charge in [0.25, 0.3) is 5.91 Å². The summed E-state index contributed by atoms with van der Waals surface area (Å²) in [7, 11) is 0. The monoisotopic (exact) mass is 323 g/mol. The van der Waals surface area contributed by atoms with Crippen molar-refractivity contribution < 1.29 is 4.79 Å². The molecule has 0 saturated heterocycles. The molecular weight excluding hydrogens is 294 g/mol. The van der Waals surface area contributed by atoms with Crippen molar-refractivity contribution in [3.8, 4) is 0 Å². The summed E-state index contributed by atoms with van der Waals surface area (Å²) < 4.78 is 0. The van der Waals surface area contributed by atoms with Gasteiger partial charge < -0.3 is 5.32 Å². The second kappa shape index (κ2) is 7.21. The quantitative estimate of drug-likeness (QED) is 0.722. The number of carbonyl (C=O) groups excluding carboxylic acids is 1. The lowest BCUT2D eigenvalue weighted by atomic mass is 9.92. The average Bonchev–Trinajstić information content (AvgIpc) is 2.45. The number of para-hydroxylation sites is 1. The largest absolute Gasteiger partial charge is 0.321 e. The highest BCUT2D eigenvalue weighted by atomic mass is 16.1. The zero-order chi connectivity index (χ0) is 18.0. The van der Waals surface area contributed by atoms with Crippen LogP contribution < -0.4 is 5.32 Å². The molecule has 2 aromatic rings. The van der Waals surface area contributed by atoms with Crippen molar-refractivity contribution >= 4 is 11.6 Å². The molecule has 24 heavy (non-hydrogen) atoms. The third-order valence-corrected chi connectivity index (χ3v) is 4.52. The first kappa shape index (κ1) is 18.3. The van der Waals surface area contributed by atoms with Gasteiger partial charge in [-0.15, -0.1) is 0 Å². The minimum absolute atomic E-state index is 0.0139. The maximum absolute atomic E-state index is 13.0. The third-order valence-electron chi connectivity index (χ3n) is 4.52. The Morgan fingerprint density at radius 1 is 0.875 bits per heavy atom. The van der Waals surface area contributed by atoms with Gasteiger partial charge in [-0.25, -0.2) is 0 Å². The van der Waals surface area contributed by atoms with E-state index < -0.39 is 0 Å². The number of carbonyl (C=O) groups is 1. The summed E-state index contributed by atoms with van der Waals surface area (Å²) in [5.74, 6) is 0.707. The van der Waals surface area contributed by atoms with Gasteiger partial charge in [-0.05, 0) is 54.9 Å². The van der Waals surface area contributed by atoms with Gasteiger partial charge in [0.15, 0.2) is 0 Å². The number of nitrogens with one attached hydrogen (secondary N) is 1. The van der Waals surface area contributed by atoms with Crippen LogP contribution in [0.2, 0.25) is 0 Å². The highest BCUT2D eigenvalue weighted by molar-refractivity contribution is 6.07. The number of benzene rings is 2. The zero-order valence-electron chi connectivity index (χ0n) is 15.9. The fourth-order valence-corrected chi connectivity index (χ4v) is 3.41. The van der Waals surface area contributed by atoms with Gasteiger partial charge in [0.2, 0.25) is 0 Å². The Labute approximate surface area is 146 Å². The number of rotatable bonds is 4. The van der Waals surface area contributed by atoms with Gasteiger partial charge in [0, 0.05) is 11.3 Å². The lowest BCUT2D eigenvalue weighted by molar-refractivity contribution is 0.102. The van der Waals surface area contributed by atoms with E-state index in [1.165, 1.54) is 16.7 Å². The maximum Gasteiger partial charge on any atom is 0.256 e. The smallest absolute Gasteiger partial charge is 0.256 e. The Bertz CT molecular complexity index is 707. The molecule has 0 spiro atoms. The molecule has 0 fully saturated rings. The van der Waals surface area contributed by atoms with Crippen molar-refractivity contribution in [2.24, 2.45) is 0 Å². The molecule has 0 aromatic heterocycles. The summed E-state index contributed by atoms with van der Waals surface area (Å²) >= 11 is 0. The molecule has 2 heteroatoms. The van der Waals surface area contributed by atoms with E-state index in [4.69, 9.17) is 0 Å². The Balaban J connectivity index is 2.50. The van der Waals surface area contributed by atoms with Crippen LogP contribution >= 0.6 is 0 Å². The second-order valence-electron chi connectivity index (χ2n) is 7.35. The van der Waals surface area contributed by atoms with E-state index in [1.807, 2.05) is 13.8 Å². The molecule has 0 bridgehead atoms. The van der Waals surface area contributed by atoms with Crippen LogP contribution in [0.25, 0.3) is 0 Å². The molecule has 128 valence electrons. The van der Waals surface area contributed by atoms with E-state index in [9.17, 15) is 4.79 Å². The Morgan fingerprint density at radius 2 is 1.33 bits per heavy atom. The Morgan fingerprint density at radius 3 is 1.75 bits per heavy atom. The highest BCUT2D eigenvalue weighted by Crippen LogP contribution is 2.33. The molecule has 2 nitrogen and oxygen atoms in total. The molecule has 0 aliphatic rings. The predicted molar refractivity (Wildman–Crippen MR) is 103 cm³/mol. The summed E-state index contributed by atoms with van der Waals surface area (Å²) in [6, 6.07) is 10.4. The molecule has 2 aromatic carbocycles. The summed E-state index contributed by atoms with van der Waals surface area (Å²) in [6.45, 7) is 14.7. The molecule has 0 radical (unpaired) electrons. The van der Waals surface area contributed by atoms with Crippen molar-refractivity contribution in [3.05, 3.63) is 63.7 Å². The van der Waals surface area contributed by atoms with Crippen LogP contribution in [0.3, 0.4) is 0 Å². The Kier molecular flexibility index (Phi) is 5.48. The molecule has 0 unspecified atom stereocenters. The molecule has 0 aliphatic heterocycles. The van der Waals surface area contributed by atoms with Gasteiger partial charge in [0.05, 0.1) is 0 Å². The van der Waals surface area contributed by atoms with Gasteiger partial charge in [-0.3, -0.25) is 4.79 Å². The van der Waals surface area contributed by atoms with E-state index >= 15 is 0 Å². The molecule has 0 atom stereocenters.